The molecule has 0 unspecified atom stereocenters. The first kappa shape index (κ1) is 17.5. The summed E-state index contributed by atoms with van der Waals surface area (Å²) in [7, 11) is -3.51. The van der Waals surface area contributed by atoms with Crippen LogP contribution in [-0.2, 0) is 10.0 Å². The van der Waals surface area contributed by atoms with E-state index in [0.29, 0.717) is 31.2 Å². The molecule has 3 rings (SSSR count). The Bertz CT molecular complexity index is 847. The smallest absolute Gasteiger partial charge is 0.243 e. The number of piperazine rings is 1. The standard InChI is InChI=1S/C17H18Cl2N2O2S/c1-13-5-6-15(12-17(13)19)20-7-9-21(10-8-20)24(22,23)16-4-2-3-14(18)11-16/h2-6,11-12H,7-10H2,1H3. The van der Waals surface area contributed by atoms with Gasteiger partial charge in [-0.15, -0.1) is 0 Å². The van der Waals surface area contributed by atoms with Crippen molar-refractivity contribution in [2.75, 3.05) is 31.1 Å². The normalized spacial score (nSPS) is 16.4. The summed E-state index contributed by atoms with van der Waals surface area (Å²) in [5.41, 5.74) is 2.05. The Kier molecular flexibility index (Phi) is 5.06. The van der Waals surface area contributed by atoms with E-state index in [4.69, 9.17) is 23.2 Å². The molecule has 0 amide bonds. The lowest BCUT2D eigenvalue weighted by atomic mass is 10.2. The summed E-state index contributed by atoms with van der Waals surface area (Å²) in [5.74, 6) is 0. The number of rotatable bonds is 3. The molecule has 1 fully saturated rings. The van der Waals surface area contributed by atoms with E-state index in [-0.39, 0.29) is 4.90 Å². The van der Waals surface area contributed by atoms with E-state index in [2.05, 4.69) is 4.90 Å². The number of halogens is 2. The van der Waals surface area contributed by atoms with Gasteiger partial charge >= 0.3 is 0 Å². The monoisotopic (exact) mass is 384 g/mol. The highest BCUT2D eigenvalue weighted by Gasteiger charge is 2.28. The van der Waals surface area contributed by atoms with Gasteiger partial charge in [-0.2, -0.15) is 4.31 Å². The second-order valence-corrected chi connectivity index (χ2v) is 8.56. The van der Waals surface area contributed by atoms with Gasteiger partial charge in [-0.05, 0) is 42.8 Å². The van der Waals surface area contributed by atoms with Gasteiger partial charge in [-0.3, -0.25) is 0 Å². The molecule has 7 heteroatoms. The van der Waals surface area contributed by atoms with Crippen LogP contribution in [0.15, 0.2) is 47.4 Å². The second-order valence-electron chi connectivity index (χ2n) is 5.78. The zero-order chi connectivity index (χ0) is 17.3. The zero-order valence-electron chi connectivity index (χ0n) is 13.2. The lowest BCUT2D eigenvalue weighted by Crippen LogP contribution is -2.48. The largest absolute Gasteiger partial charge is 0.369 e. The molecule has 1 saturated heterocycles. The van der Waals surface area contributed by atoms with E-state index in [1.54, 1.807) is 18.2 Å². The van der Waals surface area contributed by atoms with Crippen molar-refractivity contribution < 1.29 is 8.42 Å². The summed E-state index contributed by atoms with van der Waals surface area (Å²) in [6.07, 6.45) is 0. The number of hydrogen-bond acceptors (Lipinski definition) is 3. The van der Waals surface area contributed by atoms with Crippen LogP contribution in [0.2, 0.25) is 10.0 Å². The van der Waals surface area contributed by atoms with Gasteiger partial charge in [0.25, 0.3) is 0 Å². The molecule has 24 heavy (non-hydrogen) atoms. The topological polar surface area (TPSA) is 40.6 Å². The Morgan fingerprint density at radius 1 is 0.958 bits per heavy atom. The predicted octanol–water partition coefficient (Wildman–Crippen LogP) is 3.81. The summed E-state index contributed by atoms with van der Waals surface area (Å²) >= 11 is 12.1. The minimum atomic E-state index is -3.51. The lowest BCUT2D eigenvalue weighted by Gasteiger charge is -2.35. The number of sulfonamides is 1. The molecule has 0 atom stereocenters. The molecular formula is C17H18Cl2N2O2S. The molecule has 0 spiro atoms. The fourth-order valence-electron chi connectivity index (χ4n) is 2.74. The second kappa shape index (κ2) is 6.92. The fourth-order valence-corrected chi connectivity index (χ4v) is 4.64. The first-order valence-electron chi connectivity index (χ1n) is 7.65. The third-order valence-electron chi connectivity index (χ3n) is 4.19. The molecule has 2 aromatic carbocycles. The molecule has 2 aromatic rings. The fraction of sp³-hybridized carbons (Fsp3) is 0.294. The highest BCUT2D eigenvalue weighted by molar-refractivity contribution is 7.89. The first-order valence-corrected chi connectivity index (χ1v) is 9.84. The minimum Gasteiger partial charge on any atom is -0.369 e. The summed E-state index contributed by atoms with van der Waals surface area (Å²) in [6.45, 7) is 4.07. The molecule has 4 nitrogen and oxygen atoms in total. The van der Waals surface area contributed by atoms with E-state index in [1.807, 2.05) is 25.1 Å². The Labute approximate surface area is 152 Å². The molecule has 1 aliphatic heterocycles. The van der Waals surface area contributed by atoms with Crippen molar-refractivity contribution in [2.24, 2.45) is 0 Å². The van der Waals surface area contributed by atoms with Gasteiger partial charge in [0, 0.05) is 41.9 Å². The lowest BCUT2D eigenvalue weighted by molar-refractivity contribution is 0.385. The van der Waals surface area contributed by atoms with Crippen molar-refractivity contribution in [3.05, 3.63) is 58.1 Å². The van der Waals surface area contributed by atoms with Crippen LogP contribution in [0.4, 0.5) is 5.69 Å². The summed E-state index contributed by atoms with van der Waals surface area (Å²) < 4.78 is 26.9. The summed E-state index contributed by atoms with van der Waals surface area (Å²) in [6, 6.07) is 12.3. The Hall–Kier alpha value is -1.27. The highest BCUT2D eigenvalue weighted by Crippen LogP contribution is 2.26. The summed E-state index contributed by atoms with van der Waals surface area (Å²) in [4.78, 5) is 2.39. The van der Waals surface area contributed by atoms with Gasteiger partial charge in [0.1, 0.15) is 0 Å². The van der Waals surface area contributed by atoms with Crippen LogP contribution in [0.5, 0.6) is 0 Å². The third kappa shape index (κ3) is 3.54. The molecular weight excluding hydrogens is 367 g/mol. The van der Waals surface area contributed by atoms with Crippen molar-refractivity contribution in [3.63, 3.8) is 0 Å². The van der Waals surface area contributed by atoms with Gasteiger partial charge in [0.05, 0.1) is 4.90 Å². The van der Waals surface area contributed by atoms with E-state index in [1.165, 1.54) is 10.4 Å². The van der Waals surface area contributed by atoms with Crippen molar-refractivity contribution in [1.29, 1.82) is 0 Å². The number of benzene rings is 2. The van der Waals surface area contributed by atoms with Gasteiger partial charge in [-0.25, -0.2) is 8.42 Å². The van der Waals surface area contributed by atoms with Crippen molar-refractivity contribution >= 4 is 38.9 Å². The maximum atomic E-state index is 12.7. The molecule has 0 N–H and O–H groups in total. The average Bonchev–Trinajstić information content (AvgIpc) is 2.57. The molecule has 1 heterocycles. The van der Waals surface area contributed by atoms with E-state index >= 15 is 0 Å². The van der Waals surface area contributed by atoms with E-state index in [9.17, 15) is 8.42 Å². The molecule has 0 radical (unpaired) electrons. The third-order valence-corrected chi connectivity index (χ3v) is 6.73. The van der Waals surface area contributed by atoms with Gasteiger partial charge in [0.15, 0.2) is 0 Å². The molecule has 128 valence electrons. The van der Waals surface area contributed by atoms with Gasteiger partial charge in [0.2, 0.25) is 10.0 Å². The van der Waals surface area contributed by atoms with Crippen molar-refractivity contribution in [1.82, 2.24) is 4.31 Å². The van der Waals surface area contributed by atoms with Crippen LogP contribution in [0, 0.1) is 6.92 Å². The molecule has 0 saturated carbocycles. The maximum absolute atomic E-state index is 12.7. The number of nitrogens with zero attached hydrogens (tertiary/aromatic N) is 2. The van der Waals surface area contributed by atoms with Crippen LogP contribution in [0.3, 0.4) is 0 Å². The SMILES string of the molecule is Cc1ccc(N2CCN(S(=O)(=O)c3cccc(Cl)c3)CC2)cc1Cl. The van der Waals surface area contributed by atoms with Gasteiger partial charge in [-0.1, -0.05) is 35.3 Å². The average molecular weight is 385 g/mol. The van der Waals surface area contributed by atoms with E-state index in [0.717, 1.165) is 16.3 Å². The molecule has 1 aliphatic rings. The number of hydrogen-bond donors (Lipinski definition) is 0. The van der Waals surface area contributed by atoms with Crippen molar-refractivity contribution in [3.8, 4) is 0 Å². The molecule has 0 aromatic heterocycles. The van der Waals surface area contributed by atoms with Crippen LogP contribution >= 0.6 is 23.2 Å². The van der Waals surface area contributed by atoms with Crippen LogP contribution in [-0.4, -0.2) is 38.9 Å². The minimum absolute atomic E-state index is 0.238. The zero-order valence-corrected chi connectivity index (χ0v) is 15.6. The van der Waals surface area contributed by atoms with Crippen LogP contribution in [0.25, 0.3) is 0 Å². The Morgan fingerprint density at radius 3 is 2.29 bits per heavy atom. The van der Waals surface area contributed by atoms with Gasteiger partial charge < -0.3 is 4.90 Å². The Balaban J connectivity index is 1.73. The Morgan fingerprint density at radius 2 is 1.67 bits per heavy atom. The number of aryl methyl sites for hydroxylation is 1. The maximum Gasteiger partial charge on any atom is 0.243 e. The highest BCUT2D eigenvalue weighted by atomic mass is 35.5. The first-order chi connectivity index (χ1) is 11.4. The van der Waals surface area contributed by atoms with E-state index < -0.39 is 10.0 Å². The quantitative estimate of drug-likeness (QED) is 0.807. The molecule has 0 bridgehead atoms. The number of anilines is 1. The van der Waals surface area contributed by atoms with Crippen LogP contribution in [0.1, 0.15) is 5.56 Å². The summed E-state index contributed by atoms with van der Waals surface area (Å²) in [5, 5.41) is 1.14. The predicted molar refractivity (Wildman–Crippen MR) is 98.6 cm³/mol. The molecule has 0 aliphatic carbocycles. The van der Waals surface area contributed by atoms with Crippen LogP contribution < -0.4 is 4.90 Å². The van der Waals surface area contributed by atoms with Crippen molar-refractivity contribution in [2.45, 2.75) is 11.8 Å².